The summed E-state index contributed by atoms with van der Waals surface area (Å²) in [5, 5.41) is 18.4. The second-order valence-electron chi connectivity index (χ2n) is 3.00. The SMILES string of the molecule is CCC(O)(O)Oc1ccc(N)cc1N. The predicted octanol–water partition coefficient (Wildman–Crippen LogP) is 0.278. The quantitative estimate of drug-likeness (QED) is 0.412. The van der Waals surface area contributed by atoms with Gasteiger partial charge in [-0.3, -0.25) is 0 Å². The van der Waals surface area contributed by atoms with Gasteiger partial charge in [-0.1, -0.05) is 6.92 Å². The number of aliphatic hydroxyl groups is 2. The Balaban J connectivity index is 2.87. The van der Waals surface area contributed by atoms with Crippen molar-refractivity contribution in [2.45, 2.75) is 19.3 Å². The molecule has 0 aliphatic carbocycles. The first-order valence-corrected chi connectivity index (χ1v) is 4.23. The lowest BCUT2D eigenvalue weighted by Gasteiger charge is -2.21. The monoisotopic (exact) mass is 198 g/mol. The molecule has 5 heteroatoms. The minimum Gasteiger partial charge on any atom is -0.437 e. The third-order valence-electron chi connectivity index (χ3n) is 1.77. The van der Waals surface area contributed by atoms with Gasteiger partial charge >= 0.3 is 5.97 Å². The number of hydrogen-bond acceptors (Lipinski definition) is 5. The molecule has 6 N–H and O–H groups in total. The van der Waals surface area contributed by atoms with Crippen LogP contribution < -0.4 is 16.2 Å². The zero-order valence-corrected chi connectivity index (χ0v) is 7.90. The zero-order valence-electron chi connectivity index (χ0n) is 7.90. The van der Waals surface area contributed by atoms with Crippen LogP contribution in [0.5, 0.6) is 5.75 Å². The van der Waals surface area contributed by atoms with Crippen LogP contribution in [0, 0.1) is 0 Å². The van der Waals surface area contributed by atoms with Crippen LogP contribution in [0.2, 0.25) is 0 Å². The van der Waals surface area contributed by atoms with Crippen molar-refractivity contribution in [2.24, 2.45) is 0 Å². The van der Waals surface area contributed by atoms with Crippen molar-refractivity contribution < 1.29 is 14.9 Å². The van der Waals surface area contributed by atoms with E-state index in [1.54, 1.807) is 13.0 Å². The fraction of sp³-hybridized carbons (Fsp3) is 0.333. The molecule has 0 aliphatic rings. The molecule has 0 spiro atoms. The summed E-state index contributed by atoms with van der Waals surface area (Å²) in [6, 6.07) is 4.54. The number of benzene rings is 1. The van der Waals surface area contributed by atoms with Crippen LogP contribution in [0.3, 0.4) is 0 Å². The second-order valence-corrected chi connectivity index (χ2v) is 3.00. The molecule has 0 amide bonds. The molecule has 5 nitrogen and oxygen atoms in total. The Morgan fingerprint density at radius 3 is 2.50 bits per heavy atom. The third kappa shape index (κ3) is 2.51. The van der Waals surface area contributed by atoms with Crippen LogP contribution in [-0.4, -0.2) is 16.2 Å². The Bertz CT molecular complexity index is 326. The van der Waals surface area contributed by atoms with Crippen molar-refractivity contribution in [3.05, 3.63) is 18.2 Å². The molecule has 1 aromatic rings. The largest absolute Gasteiger partial charge is 0.437 e. The summed E-state index contributed by atoms with van der Waals surface area (Å²) >= 11 is 0. The third-order valence-corrected chi connectivity index (χ3v) is 1.77. The van der Waals surface area contributed by atoms with E-state index in [1.165, 1.54) is 12.1 Å². The van der Waals surface area contributed by atoms with Gasteiger partial charge in [0.05, 0.1) is 5.69 Å². The van der Waals surface area contributed by atoms with Gasteiger partial charge in [-0.15, -0.1) is 0 Å². The number of anilines is 2. The average Bonchev–Trinajstić information content (AvgIpc) is 2.10. The molecule has 0 atom stereocenters. The maximum atomic E-state index is 9.22. The van der Waals surface area contributed by atoms with Gasteiger partial charge < -0.3 is 26.4 Å². The standard InChI is InChI=1S/C9H14N2O3/c1-2-9(12,13)14-8-4-3-6(10)5-7(8)11/h3-5,12-13H,2,10-11H2,1H3. The second kappa shape index (κ2) is 3.73. The highest BCUT2D eigenvalue weighted by molar-refractivity contribution is 5.60. The van der Waals surface area contributed by atoms with Crippen molar-refractivity contribution in [1.82, 2.24) is 0 Å². The summed E-state index contributed by atoms with van der Waals surface area (Å²) < 4.78 is 4.87. The van der Waals surface area contributed by atoms with E-state index in [9.17, 15) is 10.2 Å². The lowest BCUT2D eigenvalue weighted by molar-refractivity contribution is -0.292. The molecule has 1 aromatic carbocycles. The molecule has 0 saturated carbocycles. The van der Waals surface area contributed by atoms with Crippen molar-refractivity contribution in [3.8, 4) is 5.75 Å². The molecule has 0 saturated heterocycles. The van der Waals surface area contributed by atoms with E-state index in [4.69, 9.17) is 16.2 Å². The van der Waals surface area contributed by atoms with E-state index in [2.05, 4.69) is 0 Å². The molecule has 0 bridgehead atoms. The molecule has 0 fully saturated rings. The molecule has 0 aliphatic heterocycles. The Labute approximate surface area is 81.9 Å². The Kier molecular flexibility index (Phi) is 2.83. The van der Waals surface area contributed by atoms with Gasteiger partial charge in [0.25, 0.3) is 0 Å². The number of hydrogen-bond donors (Lipinski definition) is 4. The normalized spacial score (nSPS) is 11.4. The van der Waals surface area contributed by atoms with Gasteiger partial charge in [0.15, 0.2) is 0 Å². The van der Waals surface area contributed by atoms with Crippen LogP contribution in [0.1, 0.15) is 13.3 Å². The molecular weight excluding hydrogens is 184 g/mol. The first-order valence-electron chi connectivity index (χ1n) is 4.23. The highest BCUT2D eigenvalue weighted by Crippen LogP contribution is 2.26. The fourth-order valence-corrected chi connectivity index (χ4v) is 0.908. The molecule has 1 rings (SSSR count). The number of nitrogen functional groups attached to an aromatic ring is 2. The van der Waals surface area contributed by atoms with E-state index < -0.39 is 5.97 Å². The summed E-state index contributed by atoms with van der Waals surface area (Å²) in [4.78, 5) is 0. The van der Waals surface area contributed by atoms with Gasteiger partial charge in [0.1, 0.15) is 5.75 Å². The van der Waals surface area contributed by atoms with Gasteiger partial charge in [-0.05, 0) is 18.2 Å². The predicted molar refractivity (Wildman–Crippen MR) is 53.4 cm³/mol. The van der Waals surface area contributed by atoms with Crippen LogP contribution >= 0.6 is 0 Å². The Morgan fingerprint density at radius 1 is 1.36 bits per heavy atom. The van der Waals surface area contributed by atoms with Crippen molar-refractivity contribution in [2.75, 3.05) is 11.5 Å². The average molecular weight is 198 g/mol. The number of rotatable bonds is 3. The van der Waals surface area contributed by atoms with Crippen LogP contribution in [-0.2, 0) is 0 Å². The summed E-state index contributed by atoms with van der Waals surface area (Å²) in [7, 11) is 0. The van der Waals surface area contributed by atoms with Gasteiger partial charge in [-0.2, -0.15) is 0 Å². The minimum atomic E-state index is -2.19. The fourth-order valence-electron chi connectivity index (χ4n) is 0.908. The molecule has 0 aromatic heterocycles. The van der Waals surface area contributed by atoms with Gasteiger partial charge in [0, 0.05) is 12.1 Å². The smallest absolute Gasteiger partial charge is 0.321 e. The zero-order chi connectivity index (χ0) is 10.8. The first-order chi connectivity index (χ1) is 6.44. The lowest BCUT2D eigenvalue weighted by Crippen LogP contribution is -2.34. The Morgan fingerprint density at radius 2 is 2.00 bits per heavy atom. The van der Waals surface area contributed by atoms with E-state index in [0.717, 1.165) is 0 Å². The molecule has 0 heterocycles. The molecule has 0 radical (unpaired) electrons. The van der Waals surface area contributed by atoms with Gasteiger partial charge in [0.2, 0.25) is 0 Å². The van der Waals surface area contributed by atoms with Crippen LogP contribution in [0.15, 0.2) is 18.2 Å². The molecule has 78 valence electrons. The summed E-state index contributed by atoms with van der Waals surface area (Å²) in [6.45, 7) is 1.58. The van der Waals surface area contributed by atoms with Gasteiger partial charge in [-0.25, -0.2) is 0 Å². The van der Waals surface area contributed by atoms with Crippen LogP contribution in [0.25, 0.3) is 0 Å². The maximum Gasteiger partial charge on any atom is 0.321 e. The Hall–Kier alpha value is -1.46. The molecule has 0 unspecified atom stereocenters. The van der Waals surface area contributed by atoms with E-state index in [-0.39, 0.29) is 17.9 Å². The van der Waals surface area contributed by atoms with Crippen molar-refractivity contribution >= 4 is 11.4 Å². The van der Waals surface area contributed by atoms with E-state index in [0.29, 0.717) is 5.69 Å². The van der Waals surface area contributed by atoms with E-state index >= 15 is 0 Å². The summed E-state index contributed by atoms with van der Waals surface area (Å²) in [6.07, 6.45) is 0.0385. The highest BCUT2D eigenvalue weighted by Gasteiger charge is 2.23. The maximum absolute atomic E-state index is 9.22. The first kappa shape index (κ1) is 10.6. The summed E-state index contributed by atoms with van der Waals surface area (Å²) in [5.41, 5.74) is 11.8. The molecule has 14 heavy (non-hydrogen) atoms. The highest BCUT2D eigenvalue weighted by atomic mass is 16.8. The van der Waals surface area contributed by atoms with Crippen LogP contribution in [0.4, 0.5) is 11.4 Å². The number of ether oxygens (including phenoxy) is 1. The van der Waals surface area contributed by atoms with Crippen molar-refractivity contribution in [3.63, 3.8) is 0 Å². The lowest BCUT2D eigenvalue weighted by atomic mass is 10.2. The topological polar surface area (TPSA) is 102 Å². The summed E-state index contributed by atoms with van der Waals surface area (Å²) in [5.74, 6) is -1.99. The number of nitrogens with two attached hydrogens (primary N) is 2. The van der Waals surface area contributed by atoms with E-state index in [1.807, 2.05) is 0 Å². The minimum absolute atomic E-state index is 0.0385. The van der Waals surface area contributed by atoms with Crippen molar-refractivity contribution in [1.29, 1.82) is 0 Å². The molecular formula is C9H14N2O3.